The summed E-state index contributed by atoms with van der Waals surface area (Å²) in [5, 5.41) is 6.07. The molecule has 1 aliphatic rings. The first kappa shape index (κ1) is 17.3. The summed E-state index contributed by atoms with van der Waals surface area (Å²) in [4.78, 5) is 23.9. The zero-order chi connectivity index (χ0) is 17.2. The van der Waals surface area contributed by atoms with E-state index in [2.05, 4.69) is 31.3 Å². The summed E-state index contributed by atoms with van der Waals surface area (Å²) >= 11 is 3.39. The largest absolute Gasteiger partial charge is 0.466 e. The van der Waals surface area contributed by atoms with Crippen LogP contribution in [0.5, 0.6) is 0 Å². The minimum atomic E-state index is -0.568. The van der Waals surface area contributed by atoms with Crippen LogP contribution in [0, 0.1) is 0 Å². The summed E-state index contributed by atoms with van der Waals surface area (Å²) in [7, 11) is 1.28. The van der Waals surface area contributed by atoms with Gasteiger partial charge in [-0.15, -0.1) is 0 Å². The Morgan fingerprint density at radius 3 is 2.39 bits per heavy atom. The minimum Gasteiger partial charge on any atom is -0.466 e. The van der Waals surface area contributed by atoms with Crippen LogP contribution in [-0.2, 0) is 14.3 Å². The topological polar surface area (TPSA) is 67.4 Å². The number of esters is 1. The molecule has 122 valence electrons. The second-order valence-corrected chi connectivity index (χ2v) is 7.08. The Kier molecular flexibility index (Phi) is 4.94. The lowest BCUT2D eigenvalue weighted by atomic mass is 9.98. The lowest BCUT2D eigenvalue weighted by molar-refractivity contribution is -0.135. The Morgan fingerprint density at radius 1 is 1.26 bits per heavy atom. The van der Waals surface area contributed by atoms with Gasteiger partial charge in [-0.2, -0.15) is 0 Å². The number of ether oxygens (including phenoxy) is 1. The van der Waals surface area contributed by atoms with Crippen molar-refractivity contribution in [3.63, 3.8) is 0 Å². The Hall–Kier alpha value is -2.08. The number of methoxy groups -OCH3 is 1. The van der Waals surface area contributed by atoms with E-state index in [0.717, 1.165) is 10.0 Å². The molecule has 0 aromatic heterocycles. The molecule has 1 amide bonds. The number of hydrogen-bond donors (Lipinski definition) is 2. The van der Waals surface area contributed by atoms with E-state index in [-0.39, 0.29) is 17.0 Å². The zero-order valence-corrected chi connectivity index (χ0v) is 15.1. The Balaban J connectivity index is 2.58. The van der Waals surface area contributed by atoms with Crippen molar-refractivity contribution >= 4 is 33.4 Å². The highest BCUT2D eigenvalue weighted by molar-refractivity contribution is 9.10. The molecule has 1 aromatic rings. The predicted molar refractivity (Wildman–Crippen MR) is 92.2 cm³/mol. The maximum Gasteiger partial charge on any atom is 0.331 e. The molecule has 1 heterocycles. The van der Waals surface area contributed by atoms with Gasteiger partial charge in [0, 0.05) is 21.7 Å². The van der Waals surface area contributed by atoms with E-state index in [1.54, 1.807) is 0 Å². The Bertz CT molecular complexity index is 698. The second kappa shape index (κ2) is 6.58. The molecule has 1 aliphatic heterocycles. The van der Waals surface area contributed by atoms with Gasteiger partial charge >= 0.3 is 5.97 Å². The van der Waals surface area contributed by atoms with Crippen LogP contribution < -0.4 is 10.6 Å². The third-order valence-electron chi connectivity index (χ3n) is 3.10. The maximum absolute atomic E-state index is 12.3. The summed E-state index contributed by atoms with van der Waals surface area (Å²) in [6.07, 6.45) is 1.21. The van der Waals surface area contributed by atoms with Crippen LogP contribution >= 0.6 is 15.9 Å². The molecule has 0 saturated heterocycles. The van der Waals surface area contributed by atoms with Gasteiger partial charge in [-0.25, -0.2) is 4.79 Å². The number of rotatable bonds is 3. The van der Waals surface area contributed by atoms with Gasteiger partial charge in [-0.3, -0.25) is 4.79 Å². The minimum absolute atomic E-state index is 0.246. The van der Waals surface area contributed by atoms with Gasteiger partial charge in [0.25, 0.3) is 5.91 Å². The van der Waals surface area contributed by atoms with Gasteiger partial charge < -0.3 is 15.4 Å². The van der Waals surface area contributed by atoms with E-state index < -0.39 is 5.97 Å². The van der Waals surface area contributed by atoms with Crippen molar-refractivity contribution in [2.24, 2.45) is 0 Å². The standard InChI is InChI=1S/C17H19BrN2O3/c1-17(2,3)20-15-14(10-5-7-11(18)8-6-10)12(16(22)19-15)9-13(21)23-4/h5-9,20H,1-4H3,(H,19,22)/b12-9-. The summed E-state index contributed by atoms with van der Waals surface area (Å²) in [6.45, 7) is 5.98. The van der Waals surface area contributed by atoms with Gasteiger partial charge in [0.15, 0.2) is 0 Å². The molecule has 2 rings (SSSR count). The molecule has 0 aliphatic carbocycles. The fourth-order valence-corrected chi connectivity index (χ4v) is 2.46. The first-order valence-electron chi connectivity index (χ1n) is 7.11. The number of benzene rings is 1. The average molecular weight is 379 g/mol. The van der Waals surface area contributed by atoms with Gasteiger partial charge in [0.1, 0.15) is 5.82 Å². The molecule has 2 N–H and O–H groups in total. The fourth-order valence-electron chi connectivity index (χ4n) is 2.19. The molecule has 23 heavy (non-hydrogen) atoms. The highest BCUT2D eigenvalue weighted by Gasteiger charge is 2.31. The Morgan fingerprint density at radius 2 is 1.87 bits per heavy atom. The van der Waals surface area contributed by atoms with Gasteiger partial charge in [-0.05, 0) is 38.5 Å². The van der Waals surface area contributed by atoms with Crippen LogP contribution in [0.4, 0.5) is 0 Å². The number of amides is 1. The molecule has 0 spiro atoms. The summed E-state index contributed by atoms with van der Waals surface area (Å²) < 4.78 is 5.59. The molecule has 0 fully saturated rings. The third-order valence-corrected chi connectivity index (χ3v) is 3.63. The third kappa shape index (κ3) is 4.22. The maximum atomic E-state index is 12.3. The van der Waals surface area contributed by atoms with Crippen molar-refractivity contribution in [2.75, 3.05) is 7.11 Å². The number of carbonyl (C=O) groups is 2. The van der Waals surface area contributed by atoms with Crippen LogP contribution in [0.1, 0.15) is 26.3 Å². The van der Waals surface area contributed by atoms with Crippen LogP contribution in [0.2, 0.25) is 0 Å². The highest BCUT2D eigenvalue weighted by Crippen LogP contribution is 2.31. The number of carbonyl (C=O) groups excluding carboxylic acids is 2. The van der Waals surface area contributed by atoms with Crippen LogP contribution in [0.3, 0.4) is 0 Å². The van der Waals surface area contributed by atoms with E-state index in [9.17, 15) is 9.59 Å². The summed E-state index contributed by atoms with van der Waals surface area (Å²) in [6, 6.07) is 7.54. The first-order valence-corrected chi connectivity index (χ1v) is 7.90. The predicted octanol–water partition coefficient (Wildman–Crippen LogP) is 2.74. The first-order chi connectivity index (χ1) is 10.7. The summed E-state index contributed by atoms with van der Waals surface area (Å²) in [5.41, 5.74) is 1.52. The van der Waals surface area contributed by atoms with Crippen molar-refractivity contribution < 1.29 is 14.3 Å². The van der Waals surface area contributed by atoms with Crippen LogP contribution in [0.25, 0.3) is 5.57 Å². The molecular formula is C17H19BrN2O3. The van der Waals surface area contributed by atoms with E-state index in [4.69, 9.17) is 0 Å². The van der Waals surface area contributed by atoms with Crippen molar-refractivity contribution in [1.82, 2.24) is 10.6 Å². The highest BCUT2D eigenvalue weighted by atomic mass is 79.9. The smallest absolute Gasteiger partial charge is 0.331 e. The van der Waals surface area contributed by atoms with E-state index >= 15 is 0 Å². The quantitative estimate of drug-likeness (QED) is 0.626. The van der Waals surface area contributed by atoms with E-state index in [1.807, 2.05) is 45.0 Å². The molecule has 5 nitrogen and oxygen atoms in total. The second-order valence-electron chi connectivity index (χ2n) is 6.17. The SMILES string of the molecule is COC(=O)/C=C1\C(=O)NC(NC(C)(C)C)=C1c1ccc(Br)cc1. The average Bonchev–Trinajstić information content (AvgIpc) is 2.73. The molecule has 1 aromatic carbocycles. The zero-order valence-electron chi connectivity index (χ0n) is 13.5. The molecule has 0 unspecified atom stereocenters. The van der Waals surface area contributed by atoms with Crippen LogP contribution in [-0.4, -0.2) is 24.5 Å². The van der Waals surface area contributed by atoms with Gasteiger partial charge in [-0.1, -0.05) is 28.1 Å². The molecular weight excluding hydrogens is 360 g/mol. The molecule has 0 radical (unpaired) electrons. The lowest BCUT2D eigenvalue weighted by Crippen LogP contribution is -2.39. The number of nitrogens with one attached hydrogen (secondary N) is 2. The fraction of sp³-hybridized carbons (Fsp3) is 0.294. The molecule has 0 saturated carbocycles. The van der Waals surface area contributed by atoms with Gasteiger partial charge in [0.05, 0.1) is 12.7 Å². The summed E-state index contributed by atoms with van der Waals surface area (Å²) in [5.74, 6) is -0.318. The monoisotopic (exact) mass is 378 g/mol. The van der Waals surface area contributed by atoms with Gasteiger partial charge in [0.2, 0.25) is 0 Å². The lowest BCUT2D eigenvalue weighted by Gasteiger charge is -2.23. The molecule has 0 atom stereocenters. The Labute approximate surface area is 143 Å². The van der Waals surface area contributed by atoms with Crippen molar-refractivity contribution in [3.05, 3.63) is 51.8 Å². The van der Waals surface area contributed by atoms with Crippen molar-refractivity contribution in [3.8, 4) is 0 Å². The molecule has 0 bridgehead atoms. The van der Waals surface area contributed by atoms with Crippen molar-refractivity contribution in [2.45, 2.75) is 26.3 Å². The van der Waals surface area contributed by atoms with E-state index in [0.29, 0.717) is 11.4 Å². The normalized spacial score (nSPS) is 16.6. The number of halogens is 1. The van der Waals surface area contributed by atoms with Crippen LogP contribution in [0.15, 0.2) is 46.2 Å². The molecule has 6 heteroatoms. The number of hydrogen-bond acceptors (Lipinski definition) is 4. The van der Waals surface area contributed by atoms with E-state index in [1.165, 1.54) is 13.2 Å². The van der Waals surface area contributed by atoms with Crippen molar-refractivity contribution in [1.29, 1.82) is 0 Å².